The van der Waals surface area contributed by atoms with E-state index in [1.165, 1.54) is 0 Å². The van der Waals surface area contributed by atoms with Gasteiger partial charge in [-0.1, -0.05) is 0 Å². The van der Waals surface area contributed by atoms with Crippen LogP contribution in [-0.2, 0) is 9.53 Å². The lowest BCUT2D eigenvalue weighted by atomic mass is 9.68. The van der Waals surface area contributed by atoms with Gasteiger partial charge in [0.25, 0.3) is 0 Å². The topological polar surface area (TPSA) is 38.3 Å². The quantitative estimate of drug-likeness (QED) is 0.646. The molecule has 3 aliphatic rings. The largest absolute Gasteiger partial charge is 0.381 e. The Bertz CT molecular complexity index is 269. The molecule has 3 nitrogen and oxygen atoms in total. The summed E-state index contributed by atoms with van der Waals surface area (Å²) in [5.74, 6) is 2.57. The number of thioether (sulfide) groups is 1. The van der Waals surface area contributed by atoms with Crippen molar-refractivity contribution in [1.29, 1.82) is 0 Å². The molecule has 14 heavy (non-hydrogen) atoms. The molecule has 0 aliphatic carbocycles. The third kappa shape index (κ3) is 1.01. The van der Waals surface area contributed by atoms with E-state index in [0.29, 0.717) is 0 Å². The van der Waals surface area contributed by atoms with E-state index < -0.39 is 0 Å². The van der Waals surface area contributed by atoms with Crippen molar-refractivity contribution in [2.75, 3.05) is 24.7 Å². The first-order chi connectivity index (χ1) is 6.77. The van der Waals surface area contributed by atoms with E-state index in [1.807, 2.05) is 11.8 Å². The highest BCUT2D eigenvalue weighted by Crippen LogP contribution is 2.55. The van der Waals surface area contributed by atoms with Gasteiger partial charge in [-0.3, -0.25) is 4.79 Å². The van der Waals surface area contributed by atoms with Gasteiger partial charge in [0.2, 0.25) is 5.91 Å². The van der Waals surface area contributed by atoms with Gasteiger partial charge in [-0.25, -0.2) is 0 Å². The second kappa shape index (κ2) is 2.89. The fourth-order valence-electron chi connectivity index (χ4n) is 3.02. The van der Waals surface area contributed by atoms with Gasteiger partial charge in [0.05, 0.1) is 5.54 Å². The van der Waals surface area contributed by atoms with Crippen molar-refractivity contribution in [2.45, 2.75) is 24.8 Å². The van der Waals surface area contributed by atoms with Crippen molar-refractivity contribution in [1.82, 2.24) is 5.32 Å². The number of fused-ring (bicyclic) bond motifs is 1. The Kier molecular flexibility index (Phi) is 1.86. The van der Waals surface area contributed by atoms with Gasteiger partial charge in [0.1, 0.15) is 0 Å². The number of amides is 1. The molecular weight excluding hydrogens is 198 g/mol. The van der Waals surface area contributed by atoms with Crippen LogP contribution in [0.2, 0.25) is 0 Å². The number of carbonyl (C=O) groups excluding carboxylic acids is 1. The van der Waals surface area contributed by atoms with Gasteiger partial charge in [-0.2, -0.15) is 11.8 Å². The third-order valence-electron chi connectivity index (χ3n) is 4.00. The summed E-state index contributed by atoms with van der Waals surface area (Å²) in [6.07, 6.45) is 2.78. The average molecular weight is 213 g/mol. The lowest BCUT2D eigenvalue weighted by Gasteiger charge is -2.52. The van der Waals surface area contributed by atoms with Crippen LogP contribution in [-0.4, -0.2) is 36.2 Å². The average Bonchev–Trinajstić information content (AvgIpc) is 2.39. The van der Waals surface area contributed by atoms with Gasteiger partial charge < -0.3 is 10.1 Å². The van der Waals surface area contributed by atoms with Crippen molar-refractivity contribution < 1.29 is 9.53 Å². The Morgan fingerprint density at radius 2 is 2.00 bits per heavy atom. The number of nitrogens with one attached hydrogen (secondary N) is 1. The van der Waals surface area contributed by atoms with Crippen LogP contribution >= 0.6 is 11.8 Å². The minimum atomic E-state index is 0.0909. The molecule has 0 unspecified atom stereocenters. The monoisotopic (exact) mass is 213 g/mol. The lowest BCUT2D eigenvalue weighted by Crippen LogP contribution is -2.60. The summed E-state index contributed by atoms with van der Waals surface area (Å²) in [5, 5.41) is 3.23. The van der Waals surface area contributed by atoms with E-state index in [9.17, 15) is 4.79 Å². The molecule has 0 atom stereocenters. The standard InChI is InChI=1S/C10H15NO2S/c12-8-5-9(6-14-7-9)10(11-8)1-3-13-4-2-10/h1-7H2,(H,11,12). The smallest absolute Gasteiger partial charge is 0.221 e. The first-order valence-electron chi connectivity index (χ1n) is 5.23. The van der Waals surface area contributed by atoms with Crippen LogP contribution in [0.25, 0.3) is 0 Å². The maximum absolute atomic E-state index is 11.6. The molecule has 3 rings (SSSR count). The number of hydrogen-bond donors (Lipinski definition) is 1. The number of carbonyl (C=O) groups is 1. The zero-order valence-corrected chi connectivity index (χ0v) is 8.99. The minimum absolute atomic E-state index is 0.0909. The van der Waals surface area contributed by atoms with Crippen molar-refractivity contribution in [2.24, 2.45) is 5.41 Å². The molecule has 2 spiro atoms. The molecule has 3 heterocycles. The molecule has 0 aromatic carbocycles. The zero-order valence-electron chi connectivity index (χ0n) is 8.17. The molecule has 1 N–H and O–H groups in total. The van der Waals surface area contributed by atoms with Crippen LogP contribution in [0.3, 0.4) is 0 Å². The molecule has 78 valence electrons. The van der Waals surface area contributed by atoms with Crippen molar-refractivity contribution in [3.05, 3.63) is 0 Å². The van der Waals surface area contributed by atoms with Gasteiger partial charge in [-0.15, -0.1) is 0 Å². The van der Waals surface area contributed by atoms with Crippen LogP contribution < -0.4 is 5.32 Å². The van der Waals surface area contributed by atoms with Crippen molar-refractivity contribution in [3.63, 3.8) is 0 Å². The zero-order chi connectivity index (χ0) is 9.65. The second-order valence-corrected chi connectivity index (χ2v) is 5.68. The van der Waals surface area contributed by atoms with Crippen molar-refractivity contribution in [3.8, 4) is 0 Å². The molecule has 0 saturated carbocycles. The normalized spacial score (nSPS) is 33.0. The molecule has 3 aliphatic heterocycles. The van der Waals surface area contributed by atoms with Crippen LogP contribution in [0.5, 0.6) is 0 Å². The first kappa shape index (κ1) is 9.04. The fourth-order valence-corrected chi connectivity index (χ4v) is 4.48. The highest BCUT2D eigenvalue weighted by molar-refractivity contribution is 8.00. The van der Waals surface area contributed by atoms with Gasteiger partial charge in [0.15, 0.2) is 0 Å². The Labute approximate surface area is 88.0 Å². The molecule has 0 radical (unpaired) electrons. The Balaban J connectivity index is 1.91. The summed E-state index contributed by atoms with van der Waals surface area (Å²) >= 11 is 1.97. The molecule has 3 saturated heterocycles. The Morgan fingerprint density at radius 1 is 1.29 bits per heavy atom. The predicted molar refractivity (Wildman–Crippen MR) is 55.3 cm³/mol. The van der Waals surface area contributed by atoms with E-state index in [2.05, 4.69) is 5.32 Å². The molecule has 0 aromatic rings. The van der Waals surface area contributed by atoms with E-state index in [4.69, 9.17) is 4.74 Å². The predicted octanol–water partition coefficient (Wildman–Crippen LogP) is 0.789. The molecule has 3 fully saturated rings. The van der Waals surface area contributed by atoms with Gasteiger partial charge in [-0.05, 0) is 12.8 Å². The summed E-state index contributed by atoms with van der Waals surface area (Å²) in [6, 6.07) is 0. The molecule has 4 heteroatoms. The van der Waals surface area contributed by atoms with Gasteiger partial charge >= 0.3 is 0 Å². The Hall–Kier alpha value is -0.220. The second-order valence-electron chi connectivity index (χ2n) is 4.69. The highest BCUT2D eigenvalue weighted by atomic mass is 32.2. The van der Waals surface area contributed by atoms with Crippen molar-refractivity contribution >= 4 is 17.7 Å². The number of ether oxygens (including phenoxy) is 1. The van der Waals surface area contributed by atoms with E-state index in [-0.39, 0.29) is 16.9 Å². The highest BCUT2D eigenvalue weighted by Gasteiger charge is 2.61. The van der Waals surface area contributed by atoms with E-state index in [0.717, 1.165) is 44.0 Å². The molecule has 0 bridgehead atoms. The number of hydrogen-bond acceptors (Lipinski definition) is 3. The fraction of sp³-hybridized carbons (Fsp3) is 0.900. The maximum Gasteiger partial charge on any atom is 0.221 e. The summed E-state index contributed by atoms with van der Waals surface area (Å²) < 4.78 is 5.40. The van der Waals surface area contributed by atoms with E-state index >= 15 is 0 Å². The maximum atomic E-state index is 11.6. The molecule has 1 amide bonds. The van der Waals surface area contributed by atoms with Gasteiger partial charge in [0, 0.05) is 36.6 Å². The molecule has 0 aromatic heterocycles. The van der Waals surface area contributed by atoms with Crippen LogP contribution in [0.4, 0.5) is 0 Å². The van der Waals surface area contributed by atoms with E-state index in [1.54, 1.807) is 0 Å². The lowest BCUT2D eigenvalue weighted by molar-refractivity contribution is -0.120. The van der Waals surface area contributed by atoms with Crippen LogP contribution in [0, 0.1) is 5.41 Å². The number of rotatable bonds is 0. The first-order valence-corrected chi connectivity index (χ1v) is 6.38. The summed E-state index contributed by atoms with van der Waals surface area (Å²) in [7, 11) is 0. The summed E-state index contributed by atoms with van der Waals surface area (Å²) in [6.45, 7) is 1.62. The molecular formula is C10H15NO2S. The summed E-state index contributed by atoms with van der Waals surface area (Å²) in [5.41, 5.74) is 0.367. The Morgan fingerprint density at radius 3 is 2.57 bits per heavy atom. The summed E-state index contributed by atoms with van der Waals surface area (Å²) in [4.78, 5) is 11.6. The van der Waals surface area contributed by atoms with Crippen LogP contribution in [0.1, 0.15) is 19.3 Å². The minimum Gasteiger partial charge on any atom is -0.381 e. The van der Waals surface area contributed by atoms with Crippen LogP contribution in [0.15, 0.2) is 0 Å². The SMILES string of the molecule is O=C1CC2(CSC2)C2(CCOCC2)N1. The third-order valence-corrected chi connectivity index (χ3v) is 5.51.